The molecular formula is C27H25N3O3S. The van der Waals surface area contributed by atoms with E-state index in [1.165, 1.54) is 21.8 Å². The maximum Gasteiger partial charge on any atom is 0.231 e. The first-order valence-electron chi connectivity index (χ1n) is 11.3. The molecule has 0 radical (unpaired) electrons. The summed E-state index contributed by atoms with van der Waals surface area (Å²) in [4.78, 5) is 7.99. The fraction of sp³-hybridized carbons (Fsp3) is 0.222. The molecule has 0 bridgehead atoms. The van der Waals surface area contributed by atoms with E-state index in [1.54, 1.807) is 13.3 Å². The normalized spacial score (nSPS) is 16.7. The van der Waals surface area contributed by atoms with E-state index in [0.717, 1.165) is 42.4 Å². The molecule has 2 aliphatic rings. The van der Waals surface area contributed by atoms with Gasteiger partial charge in [-0.25, -0.2) is 0 Å². The average Bonchev–Trinajstić information content (AvgIpc) is 3.51. The molecule has 0 saturated carbocycles. The molecule has 6 nitrogen and oxygen atoms in total. The van der Waals surface area contributed by atoms with Gasteiger partial charge in [0.15, 0.2) is 11.5 Å². The van der Waals surface area contributed by atoms with Crippen LogP contribution in [0, 0.1) is 0 Å². The number of nitrogens with zero attached hydrogens (tertiary/aromatic N) is 3. The van der Waals surface area contributed by atoms with Crippen molar-refractivity contribution in [2.24, 2.45) is 0 Å². The predicted molar refractivity (Wildman–Crippen MR) is 133 cm³/mol. The highest BCUT2D eigenvalue weighted by Gasteiger charge is 2.26. The summed E-state index contributed by atoms with van der Waals surface area (Å²) in [6.07, 6.45) is 6.81. The maximum atomic E-state index is 5.64. The third-order valence-electron chi connectivity index (χ3n) is 6.32. The molecule has 2 aromatic carbocycles. The van der Waals surface area contributed by atoms with Crippen LogP contribution in [0.15, 0.2) is 84.1 Å². The topological polar surface area (TPSA) is 48.8 Å². The number of thioether (sulfide) groups is 1. The zero-order chi connectivity index (χ0) is 22.9. The zero-order valence-electron chi connectivity index (χ0n) is 18.9. The summed E-state index contributed by atoms with van der Waals surface area (Å²) in [6, 6.07) is 21.0. The minimum absolute atomic E-state index is 0.293. The lowest BCUT2D eigenvalue weighted by molar-refractivity contribution is 0.174. The van der Waals surface area contributed by atoms with E-state index in [2.05, 4.69) is 63.1 Å². The second kappa shape index (κ2) is 8.99. The molecule has 4 heterocycles. The lowest BCUT2D eigenvalue weighted by atomic mass is 10.1. The van der Waals surface area contributed by atoms with Crippen molar-refractivity contribution in [2.45, 2.75) is 23.1 Å². The zero-order valence-corrected chi connectivity index (χ0v) is 19.7. The van der Waals surface area contributed by atoms with E-state index in [0.29, 0.717) is 12.0 Å². The van der Waals surface area contributed by atoms with Crippen LogP contribution in [0.4, 0.5) is 5.69 Å². The quantitative estimate of drug-likeness (QED) is 0.364. The number of pyridine rings is 1. The molecule has 1 atom stereocenters. The third-order valence-corrected chi connectivity index (χ3v) is 7.69. The predicted octanol–water partition coefficient (Wildman–Crippen LogP) is 5.85. The van der Waals surface area contributed by atoms with Gasteiger partial charge in [0.2, 0.25) is 6.79 Å². The van der Waals surface area contributed by atoms with Crippen LogP contribution in [-0.2, 0) is 6.54 Å². The molecule has 0 spiro atoms. The molecule has 4 aromatic rings. The van der Waals surface area contributed by atoms with Crippen molar-refractivity contribution in [2.75, 3.05) is 25.3 Å². The van der Waals surface area contributed by atoms with Crippen LogP contribution in [0.2, 0.25) is 0 Å². The molecule has 2 aromatic heterocycles. The molecule has 0 amide bonds. The molecule has 0 aliphatic carbocycles. The van der Waals surface area contributed by atoms with Gasteiger partial charge >= 0.3 is 0 Å². The summed E-state index contributed by atoms with van der Waals surface area (Å²) in [5.74, 6) is 2.53. The molecule has 34 heavy (non-hydrogen) atoms. The highest BCUT2D eigenvalue weighted by atomic mass is 32.2. The van der Waals surface area contributed by atoms with E-state index in [-0.39, 0.29) is 0 Å². The van der Waals surface area contributed by atoms with E-state index < -0.39 is 0 Å². The standard InChI is InChI=1S/C27H25N3O3S/c1-31-22-7-8-23-27(15-22)34-26(19-6-9-24-25(14-19)33-18-32-24)10-13-29(23)17-21-5-3-12-30(21)20-4-2-11-28-16-20/h2-9,11-12,14-16,26H,10,13,17-18H2,1H3. The Balaban J connectivity index is 1.33. The maximum absolute atomic E-state index is 5.64. The molecule has 172 valence electrons. The number of hydrogen-bond donors (Lipinski definition) is 0. The van der Waals surface area contributed by atoms with Gasteiger partial charge in [0.05, 0.1) is 31.2 Å². The van der Waals surface area contributed by atoms with Crippen LogP contribution in [0.25, 0.3) is 5.69 Å². The van der Waals surface area contributed by atoms with Crippen molar-refractivity contribution in [3.8, 4) is 22.9 Å². The van der Waals surface area contributed by atoms with Crippen molar-refractivity contribution in [3.63, 3.8) is 0 Å². The van der Waals surface area contributed by atoms with E-state index in [9.17, 15) is 0 Å². The van der Waals surface area contributed by atoms with Crippen molar-refractivity contribution in [3.05, 3.63) is 90.5 Å². The highest BCUT2D eigenvalue weighted by Crippen LogP contribution is 2.48. The van der Waals surface area contributed by atoms with Crippen molar-refractivity contribution < 1.29 is 14.2 Å². The smallest absolute Gasteiger partial charge is 0.231 e. The molecule has 0 saturated heterocycles. The Kier molecular flexibility index (Phi) is 5.55. The number of fused-ring (bicyclic) bond motifs is 2. The second-order valence-corrected chi connectivity index (χ2v) is 9.59. The van der Waals surface area contributed by atoms with Crippen molar-refractivity contribution in [1.82, 2.24) is 9.55 Å². The van der Waals surface area contributed by atoms with Gasteiger partial charge in [-0.15, -0.1) is 11.8 Å². The Morgan fingerprint density at radius 2 is 2.00 bits per heavy atom. The first-order valence-corrected chi connectivity index (χ1v) is 12.2. The number of aromatic nitrogens is 2. The van der Waals surface area contributed by atoms with Crippen LogP contribution in [0.3, 0.4) is 0 Å². The lowest BCUT2D eigenvalue weighted by Gasteiger charge is -2.25. The summed E-state index contributed by atoms with van der Waals surface area (Å²) < 4.78 is 18.9. The summed E-state index contributed by atoms with van der Waals surface area (Å²) in [5.41, 5.74) is 4.78. The molecule has 0 N–H and O–H groups in total. The molecular weight excluding hydrogens is 446 g/mol. The van der Waals surface area contributed by atoms with Gasteiger partial charge in [0, 0.05) is 34.8 Å². The Hall–Kier alpha value is -3.58. The molecule has 7 heteroatoms. The molecule has 1 unspecified atom stereocenters. The van der Waals surface area contributed by atoms with Gasteiger partial charge < -0.3 is 23.7 Å². The van der Waals surface area contributed by atoms with Gasteiger partial charge in [0.25, 0.3) is 0 Å². The molecule has 6 rings (SSSR count). The Morgan fingerprint density at radius 3 is 2.88 bits per heavy atom. The van der Waals surface area contributed by atoms with Crippen LogP contribution >= 0.6 is 11.8 Å². The van der Waals surface area contributed by atoms with Crippen LogP contribution < -0.4 is 19.1 Å². The second-order valence-electron chi connectivity index (χ2n) is 8.34. The van der Waals surface area contributed by atoms with E-state index in [1.807, 2.05) is 36.2 Å². The Morgan fingerprint density at radius 1 is 1.06 bits per heavy atom. The van der Waals surface area contributed by atoms with Gasteiger partial charge in [-0.05, 0) is 66.6 Å². The minimum atomic E-state index is 0.293. The summed E-state index contributed by atoms with van der Waals surface area (Å²) >= 11 is 1.89. The van der Waals surface area contributed by atoms with E-state index in [4.69, 9.17) is 14.2 Å². The highest BCUT2D eigenvalue weighted by molar-refractivity contribution is 7.99. The molecule has 2 aliphatic heterocycles. The van der Waals surface area contributed by atoms with Gasteiger partial charge in [0.1, 0.15) is 5.75 Å². The Labute approximate surface area is 203 Å². The summed E-state index contributed by atoms with van der Waals surface area (Å²) in [5, 5.41) is 0.301. The number of rotatable bonds is 5. The van der Waals surface area contributed by atoms with Gasteiger partial charge in [-0.2, -0.15) is 0 Å². The fourth-order valence-corrected chi connectivity index (χ4v) is 5.90. The number of anilines is 1. The van der Waals surface area contributed by atoms with Gasteiger partial charge in [-0.1, -0.05) is 6.07 Å². The lowest BCUT2D eigenvalue weighted by Crippen LogP contribution is -2.25. The van der Waals surface area contributed by atoms with Crippen molar-refractivity contribution in [1.29, 1.82) is 0 Å². The van der Waals surface area contributed by atoms with Crippen LogP contribution in [0.1, 0.15) is 22.9 Å². The molecule has 0 fully saturated rings. The van der Waals surface area contributed by atoms with Crippen molar-refractivity contribution >= 4 is 17.4 Å². The number of ether oxygens (including phenoxy) is 3. The van der Waals surface area contributed by atoms with Crippen LogP contribution in [0.5, 0.6) is 17.2 Å². The number of hydrogen-bond acceptors (Lipinski definition) is 6. The first-order chi connectivity index (χ1) is 16.8. The summed E-state index contributed by atoms with van der Waals surface area (Å²) in [6.45, 7) is 2.03. The average molecular weight is 472 g/mol. The van der Waals surface area contributed by atoms with Gasteiger partial charge in [-0.3, -0.25) is 4.98 Å². The monoisotopic (exact) mass is 471 g/mol. The summed E-state index contributed by atoms with van der Waals surface area (Å²) in [7, 11) is 1.72. The van der Waals surface area contributed by atoms with E-state index >= 15 is 0 Å². The SMILES string of the molecule is COc1ccc2c(c1)SC(c1ccc3c(c1)OCO3)CCN2Cc1cccn1-c1cccnc1. The third kappa shape index (κ3) is 3.96. The largest absolute Gasteiger partial charge is 0.497 e. The fourth-order valence-electron chi connectivity index (χ4n) is 4.58. The number of benzene rings is 2. The minimum Gasteiger partial charge on any atom is -0.497 e. The number of methoxy groups -OCH3 is 1. The Bertz CT molecular complexity index is 1310. The van der Waals surface area contributed by atoms with Crippen LogP contribution in [-0.4, -0.2) is 30.0 Å². The first kappa shape index (κ1) is 21.0.